The molecule has 1 heterocycles. The molecule has 28 heavy (non-hydrogen) atoms. The van der Waals surface area contributed by atoms with Crippen molar-refractivity contribution in [2.24, 2.45) is 0 Å². The van der Waals surface area contributed by atoms with Crippen molar-refractivity contribution in [1.82, 2.24) is 4.90 Å². The third kappa shape index (κ3) is 3.59. The van der Waals surface area contributed by atoms with E-state index in [0.717, 1.165) is 24.2 Å². The van der Waals surface area contributed by atoms with Gasteiger partial charge in [-0.25, -0.2) is 4.39 Å². The molecule has 3 aromatic carbocycles. The summed E-state index contributed by atoms with van der Waals surface area (Å²) in [7, 11) is 0. The Morgan fingerprint density at radius 3 is 1.93 bits per heavy atom. The highest BCUT2D eigenvalue weighted by molar-refractivity contribution is 5.41. The normalized spacial score (nSPS) is 18.4. The quantitative estimate of drug-likeness (QED) is 0.726. The van der Waals surface area contributed by atoms with Crippen LogP contribution in [-0.4, -0.2) is 36.3 Å². The molecule has 4 heteroatoms. The molecule has 0 aliphatic carbocycles. The smallest absolute Gasteiger partial charge is 0.134 e. The second kappa shape index (κ2) is 8.23. The molecule has 1 fully saturated rings. The van der Waals surface area contributed by atoms with E-state index in [4.69, 9.17) is 4.74 Å². The molecule has 144 valence electrons. The first kappa shape index (κ1) is 18.8. The number of nitrogens with zero attached hydrogens (tertiary/aromatic N) is 1. The van der Waals surface area contributed by atoms with Crippen LogP contribution in [-0.2, 0) is 10.3 Å². The Hall–Kier alpha value is -2.53. The van der Waals surface area contributed by atoms with Crippen molar-refractivity contribution in [2.45, 2.75) is 11.6 Å². The standard InChI is InChI=1S/C24H24FNO2/c25-22-13-11-21(12-14-22)24(27,20-9-5-2-6-10-20)23(19-7-3-1-4-8-19)26-15-17-28-18-16-26/h1-14,23,27H,15-18H2/t23-,24-/m0/s1. The van der Waals surface area contributed by atoms with Crippen molar-refractivity contribution in [3.63, 3.8) is 0 Å². The minimum Gasteiger partial charge on any atom is -0.379 e. The van der Waals surface area contributed by atoms with Crippen LogP contribution in [0.15, 0.2) is 84.9 Å². The van der Waals surface area contributed by atoms with Crippen LogP contribution in [0, 0.1) is 5.82 Å². The van der Waals surface area contributed by atoms with Crippen LogP contribution in [0.5, 0.6) is 0 Å². The van der Waals surface area contributed by atoms with Crippen LogP contribution in [0.3, 0.4) is 0 Å². The summed E-state index contributed by atoms with van der Waals surface area (Å²) in [6.45, 7) is 2.68. The maximum atomic E-state index is 13.6. The number of hydrogen-bond donors (Lipinski definition) is 1. The third-order valence-electron chi connectivity index (χ3n) is 5.42. The highest BCUT2D eigenvalue weighted by Crippen LogP contribution is 2.44. The Bertz CT molecular complexity index is 879. The van der Waals surface area contributed by atoms with Crippen LogP contribution in [0.2, 0.25) is 0 Å². The van der Waals surface area contributed by atoms with Crippen LogP contribution in [0.4, 0.5) is 4.39 Å². The molecule has 1 aliphatic heterocycles. The van der Waals surface area contributed by atoms with Gasteiger partial charge in [-0.1, -0.05) is 72.8 Å². The maximum Gasteiger partial charge on any atom is 0.134 e. The zero-order chi connectivity index (χ0) is 19.4. The SMILES string of the molecule is O[C@@](c1ccccc1)(c1ccc(F)cc1)[C@H](c1ccccc1)N1CCOCC1. The van der Waals surface area contributed by atoms with Crippen LogP contribution >= 0.6 is 0 Å². The fourth-order valence-electron chi connectivity index (χ4n) is 4.07. The molecule has 1 N–H and O–H groups in total. The molecule has 1 saturated heterocycles. The molecular formula is C24H24FNO2. The molecule has 3 aromatic rings. The highest BCUT2D eigenvalue weighted by Gasteiger charge is 2.44. The van der Waals surface area contributed by atoms with Gasteiger partial charge in [0.2, 0.25) is 0 Å². The Morgan fingerprint density at radius 2 is 1.32 bits per heavy atom. The van der Waals surface area contributed by atoms with Crippen molar-refractivity contribution in [3.8, 4) is 0 Å². The average Bonchev–Trinajstić information content (AvgIpc) is 2.76. The van der Waals surface area contributed by atoms with E-state index in [0.29, 0.717) is 18.8 Å². The van der Waals surface area contributed by atoms with Gasteiger partial charge in [0.05, 0.1) is 19.3 Å². The van der Waals surface area contributed by atoms with Gasteiger partial charge >= 0.3 is 0 Å². The van der Waals surface area contributed by atoms with Gasteiger partial charge in [-0.2, -0.15) is 0 Å². The molecule has 2 atom stereocenters. The van der Waals surface area contributed by atoms with Gasteiger partial charge in [0.15, 0.2) is 0 Å². The number of hydrogen-bond acceptors (Lipinski definition) is 3. The number of benzene rings is 3. The predicted molar refractivity (Wildman–Crippen MR) is 107 cm³/mol. The number of ether oxygens (including phenoxy) is 1. The molecule has 3 nitrogen and oxygen atoms in total. The second-order valence-electron chi connectivity index (χ2n) is 7.10. The van der Waals surface area contributed by atoms with Gasteiger partial charge in [0.1, 0.15) is 11.4 Å². The summed E-state index contributed by atoms with van der Waals surface area (Å²) in [5.74, 6) is -0.318. The van der Waals surface area contributed by atoms with E-state index in [-0.39, 0.29) is 11.9 Å². The lowest BCUT2D eigenvalue weighted by atomic mass is 9.76. The van der Waals surface area contributed by atoms with Gasteiger partial charge in [-0.3, -0.25) is 4.90 Å². The molecule has 0 saturated carbocycles. The Balaban J connectivity index is 1.92. The van der Waals surface area contributed by atoms with E-state index >= 15 is 0 Å². The van der Waals surface area contributed by atoms with E-state index in [2.05, 4.69) is 4.90 Å². The predicted octanol–water partition coefficient (Wildman–Crippen LogP) is 4.14. The molecule has 1 aliphatic rings. The summed E-state index contributed by atoms with van der Waals surface area (Å²) < 4.78 is 19.2. The van der Waals surface area contributed by atoms with E-state index in [1.807, 2.05) is 60.7 Å². The summed E-state index contributed by atoms with van der Waals surface area (Å²) >= 11 is 0. The van der Waals surface area contributed by atoms with Gasteiger partial charge in [0, 0.05) is 13.1 Å². The van der Waals surface area contributed by atoms with Crippen LogP contribution in [0.1, 0.15) is 22.7 Å². The first-order valence-corrected chi connectivity index (χ1v) is 9.60. The van der Waals surface area contributed by atoms with Crippen molar-refractivity contribution in [2.75, 3.05) is 26.3 Å². The number of aliphatic hydroxyl groups is 1. The first-order valence-electron chi connectivity index (χ1n) is 9.60. The van der Waals surface area contributed by atoms with Crippen LogP contribution in [0.25, 0.3) is 0 Å². The summed E-state index contributed by atoms with van der Waals surface area (Å²) in [6.07, 6.45) is 0. The van der Waals surface area contributed by atoms with Gasteiger partial charge < -0.3 is 9.84 Å². The van der Waals surface area contributed by atoms with Gasteiger partial charge in [-0.05, 0) is 28.8 Å². The number of halogens is 1. The van der Waals surface area contributed by atoms with E-state index < -0.39 is 5.60 Å². The zero-order valence-corrected chi connectivity index (χ0v) is 15.7. The van der Waals surface area contributed by atoms with Crippen molar-refractivity contribution < 1.29 is 14.2 Å². The minimum absolute atomic E-state index is 0.318. The molecule has 0 aromatic heterocycles. The van der Waals surface area contributed by atoms with E-state index in [1.165, 1.54) is 12.1 Å². The highest BCUT2D eigenvalue weighted by atomic mass is 19.1. The maximum absolute atomic E-state index is 13.6. The summed E-state index contributed by atoms with van der Waals surface area (Å²) in [5, 5.41) is 12.3. The van der Waals surface area contributed by atoms with Crippen molar-refractivity contribution in [3.05, 3.63) is 107 Å². The lowest BCUT2D eigenvalue weighted by molar-refractivity contribution is -0.0619. The molecule has 4 rings (SSSR count). The average molecular weight is 377 g/mol. The molecular weight excluding hydrogens is 353 g/mol. The first-order chi connectivity index (χ1) is 13.7. The lowest BCUT2D eigenvalue weighted by Crippen LogP contribution is -2.49. The Morgan fingerprint density at radius 1 is 0.786 bits per heavy atom. The molecule has 0 unspecified atom stereocenters. The summed E-state index contributed by atoms with van der Waals surface area (Å²) in [4.78, 5) is 2.26. The fraction of sp³-hybridized carbons (Fsp3) is 0.250. The monoisotopic (exact) mass is 377 g/mol. The minimum atomic E-state index is -1.34. The molecule has 0 radical (unpaired) electrons. The van der Waals surface area contributed by atoms with E-state index in [1.54, 1.807) is 12.1 Å². The number of morpholine rings is 1. The Kier molecular flexibility index (Phi) is 5.53. The largest absolute Gasteiger partial charge is 0.379 e. The van der Waals surface area contributed by atoms with E-state index in [9.17, 15) is 9.50 Å². The van der Waals surface area contributed by atoms with Crippen LogP contribution < -0.4 is 0 Å². The summed E-state index contributed by atoms with van der Waals surface area (Å²) in [5.41, 5.74) is 1.12. The van der Waals surface area contributed by atoms with Crippen molar-refractivity contribution >= 4 is 0 Å². The van der Waals surface area contributed by atoms with Gasteiger partial charge in [0.25, 0.3) is 0 Å². The second-order valence-corrected chi connectivity index (χ2v) is 7.10. The molecule has 0 amide bonds. The Labute approximate surface area is 165 Å². The number of rotatable bonds is 5. The topological polar surface area (TPSA) is 32.7 Å². The zero-order valence-electron chi connectivity index (χ0n) is 15.7. The third-order valence-corrected chi connectivity index (χ3v) is 5.42. The molecule has 0 bridgehead atoms. The fourth-order valence-corrected chi connectivity index (χ4v) is 4.07. The summed E-state index contributed by atoms with van der Waals surface area (Å²) in [6, 6.07) is 25.5. The van der Waals surface area contributed by atoms with Crippen molar-refractivity contribution in [1.29, 1.82) is 0 Å². The van der Waals surface area contributed by atoms with Gasteiger partial charge in [-0.15, -0.1) is 0 Å². The molecule has 0 spiro atoms. The lowest BCUT2D eigenvalue weighted by Gasteiger charge is -2.45.